The molecule has 0 aromatic carbocycles. The van der Waals surface area contributed by atoms with E-state index in [1.54, 1.807) is 0 Å². The zero-order valence-corrected chi connectivity index (χ0v) is 7.19. The Morgan fingerprint density at radius 3 is 2.12 bits per heavy atom. The first-order chi connectivity index (χ1) is 3.13. The maximum Gasteiger partial charge on any atom is 0.132 e. The maximum absolute atomic E-state index is 9.99. The van der Waals surface area contributed by atoms with Crippen molar-refractivity contribution in [3.05, 3.63) is 12.3 Å². The van der Waals surface area contributed by atoms with Gasteiger partial charge >= 0.3 is 0 Å². The smallest absolute Gasteiger partial charge is 0.132 e. The van der Waals surface area contributed by atoms with E-state index in [-0.39, 0.29) is 44.2 Å². The molecular weight excluding hydrogens is 183 g/mol. The molecule has 0 unspecified atom stereocenters. The van der Waals surface area contributed by atoms with Crippen LogP contribution in [0.1, 0.15) is 13.3 Å². The van der Waals surface area contributed by atoms with Gasteiger partial charge in [-0.3, -0.25) is 4.79 Å². The Labute approximate surface area is 67.7 Å². The van der Waals surface area contributed by atoms with Crippen LogP contribution in [0.2, 0.25) is 0 Å². The number of ketones is 1. The van der Waals surface area contributed by atoms with E-state index >= 15 is 0 Å². The molecule has 0 saturated carbocycles. The number of allylic oxidation sites excluding steroid dienone is 1. The van der Waals surface area contributed by atoms with Crippen molar-refractivity contribution in [2.45, 2.75) is 13.3 Å². The molecule has 2 nitrogen and oxygen atoms in total. The van der Waals surface area contributed by atoms with Gasteiger partial charge in [-0.2, -0.15) is 0 Å². The Hall–Kier alpha value is 0.0931. The fourth-order valence-corrected chi connectivity index (χ4v) is 0.278. The van der Waals surface area contributed by atoms with Crippen LogP contribution in [-0.4, -0.2) is 5.78 Å². The SMILES string of the molecule is C=C([O-])CC(C)=O.[Zr]. The van der Waals surface area contributed by atoms with Gasteiger partial charge in [0.05, 0.1) is 0 Å². The molecule has 0 aliphatic rings. The molecule has 0 heterocycles. The Bertz CT molecular complexity index is 86.6. The van der Waals surface area contributed by atoms with Crippen LogP contribution in [0, 0.1) is 0 Å². The minimum Gasteiger partial charge on any atom is -0.876 e. The molecule has 0 aromatic rings. The van der Waals surface area contributed by atoms with E-state index in [0.29, 0.717) is 0 Å². The summed E-state index contributed by atoms with van der Waals surface area (Å²) in [7, 11) is 0. The van der Waals surface area contributed by atoms with Crippen molar-refractivity contribution < 1.29 is 36.1 Å². The average Bonchev–Trinajstić information content (AvgIpc) is 1.27. The van der Waals surface area contributed by atoms with Crippen LogP contribution < -0.4 is 5.11 Å². The third-order valence-electron chi connectivity index (χ3n) is 0.446. The summed E-state index contributed by atoms with van der Waals surface area (Å²) in [5.41, 5.74) is 0. The van der Waals surface area contributed by atoms with Crippen LogP contribution in [0.5, 0.6) is 0 Å². The quantitative estimate of drug-likeness (QED) is 0.568. The molecule has 0 radical (unpaired) electrons. The van der Waals surface area contributed by atoms with Gasteiger partial charge in [-0.25, -0.2) is 0 Å². The van der Waals surface area contributed by atoms with Crippen LogP contribution in [0.4, 0.5) is 0 Å². The largest absolute Gasteiger partial charge is 0.876 e. The average molecular weight is 190 g/mol. The van der Waals surface area contributed by atoms with Crippen molar-refractivity contribution in [1.29, 1.82) is 0 Å². The molecule has 0 saturated heterocycles. The Kier molecular flexibility index (Phi) is 7.18. The van der Waals surface area contributed by atoms with E-state index in [1.807, 2.05) is 0 Å². The number of hydrogen-bond donors (Lipinski definition) is 0. The van der Waals surface area contributed by atoms with Crippen LogP contribution >= 0.6 is 0 Å². The molecule has 8 heavy (non-hydrogen) atoms. The minimum atomic E-state index is -0.312. The number of carbonyl (C=O) groups excluding carboxylic acids is 1. The fourth-order valence-electron chi connectivity index (χ4n) is 0.278. The Morgan fingerprint density at radius 2 is 2.12 bits per heavy atom. The van der Waals surface area contributed by atoms with Gasteiger partial charge in [-0.1, -0.05) is 0 Å². The molecule has 0 bridgehead atoms. The molecule has 44 valence electrons. The van der Waals surface area contributed by atoms with Crippen LogP contribution in [0.15, 0.2) is 12.3 Å². The predicted octanol–water partition coefficient (Wildman–Crippen LogP) is -0.163. The first kappa shape index (κ1) is 11.0. The molecule has 3 heteroatoms. The first-order valence-electron chi connectivity index (χ1n) is 1.97. The molecule has 0 N–H and O–H groups in total. The second kappa shape index (κ2) is 5.23. The standard InChI is InChI=1S/C5H8O2.Zr/c1-4(6)3-5(2)7;/h6H,1,3H2,2H3;/p-1. The monoisotopic (exact) mass is 189 g/mol. The topological polar surface area (TPSA) is 40.1 Å². The number of hydrogen-bond acceptors (Lipinski definition) is 2. The summed E-state index contributed by atoms with van der Waals surface area (Å²) in [4.78, 5) is 9.99. The normalized spacial score (nSPS) is 7.12. The Balaban J connectivity index is 0. The van der Waals surface area contributed by atoms with E-state index in [0.717, 1.165) is 0 Å². The third-order valence-corrected chi connectivity index (χ3v) is 0.446. The van der Waals surface area contributed by atoms with E-state index in [4.69, 9.17) is 0 Å². The van der Waals surface area contributed by atoms with Gasteiger partial charge in [-0.15, -0.1) is 12.3 Å². The summed E-state index contributed by atoms with van der Waals surface area (Å²) in [5.74, 6) is -0.437. The van der Waals surface area contributed by atoms with Crippen molar-refractivity contribution in [3.63, 3.8) is 0 Å². The van der Waals surface area contributed by atoms with Gasteiger partial charge in [0.15, 0.2) is 0 Å². The van der Waals surface area contributed by atoms with Gasteiger partial charge < -0.3 is 5.11 Å². The number of Topliss-reactive ketones (excluding diaryl/α,β-unsaturated/α-hetero) is 1. The molecular formula is C5H7O2Zr-. The molecule has 0 aliphatic carbocycles. The van der Waals surface area contributed by atoms with Crippen molar-refractivity contribution >= 4 is 5.78 Å². The van der Waals surface area contributed by atoms with E-state index in [1.165, 1.54) is 6.92 Å². The summed E-state index contributed by atoms with van der Waals surface area (Å²) >= 11 is 0. The van der Waals surface area contributed by atoms with Gasteiger partial charge in [0.2, 0.25) is 0 Å². The zero-order chi connectivity index (χ0) is 5.86. The van der Waals surface area contributed by atoms with Crippen LogP contribution in [0.25, 0.3) is 0 Å². The van der Waals surface area contributed by atoms with Crippen LogP contribution in [0.3, 0.4) is 0 Å². The van der Waals surface area contributed by atoms with E-state index < -0.39 is 0 Å². The third kappa shape index (κ3) is 9.43. The molecule has 0 amide bonds. The maximum atomic E-state index is 9.99. The zero-order valence-electron chi connectivity index (χ0n) is 4.73. The van der Waals surface area contributed by atoms with Crippen LogP contribution in [-0.2, 0) is 31.0 Å². The van der Waals surface area contributed by atoms with Crippen molar-refractivity contribution in [3.8, 4) is 0 Å². The van der Waals surface area contributed by atoms with Crippen molar-refractivity contribution in [2.24, 2.45) is 0 Å². The second-order valence-electron chi connectivity index (χ2n) is 1.42. The summed E-state index contributed by atoms with van der Waals surface area (Å²) in [6.07, 6.45) is -0.0278. The summed E-state index contributed by atoms with van der Waals surface area (Å²) in [6, 6.07) is 0. The van der Waals surface area contributed by atoms with Crippen molar-refractivity contribution in [1.82, 2.24) is 0 Å². The first-order valence-corrected chi connectivity index (χ1v) is 1.97. The summed E-state index contributed by atoms with van der Waals surface area (Å²) in [5, 5.41) is 9.92. The fraction of sp³-hybridized carbons (Fsp3) is 0.400. The van der Waals surface area contributed by atoms with Gasteiger partial charge in [0, 0.05) is 32.6 Å². The molecule has 0 atom stereocenters. The van der Waals surface area contributed by atoms with Gasteiger partial charge in [-0.05, 0) is 6.92 Å². The molecule has 0 spiro atoms. The van der Waals surface area contributed by atoms with Gasteiger partial charge in [0.1, 0.15) is 5.78 Å². The second-order valence-corrected chi connectivity index (χ2v) is 1.42. The molecule has 0 fully saturated rings. The molecule has 0 aliphatic heterocycles. The number of rotatable bonds is 2. The molecule has 0 aromatic heterocycles. The minimum absolute atomic E-state index is 0. The predicted molar refractivity (Wildman–Crippen MR) is 24.4 cm³/mol. The number of carbonyl (C=O) groups is 1. The molecule has 0 rings (SSSR count). The van der Waals surface area contributed by atoms with E-state index in [9.17, 15) is 9.90 Å². The van der Waals surface area contributed by atoms with E-state index in [2.05, 4.69) is 6.58 Å². The Morgan fingerprint density at radius 1 is 1.75 bits per heavy atom. The summed E-state index contributed by atoms with van der Waals surface area (Å²) < 4.78 is 0. The van der Waals surface area contributed by atoms with Gasteiger partial charge in [0.25, 0.3) is 0 Å². The summed E-state index contributed by atoms with van der Waals surface area (Å²) in [6.45, 7) is 4.38. The van der Waals surface area contributed by atoms with Crippen molar-refractivity contribution in [2.75, 3.05) is 0 Å².